The van der Waals surface area contributed by atoms with E-state index in [2.05, 4.69) is 13.8 Å². The number of hydrogen-bond donors (Lipinski definition) is 2. The van der Waals surface area contributed by atoms with Gasteiger partial charge in [-0.1, -0.05) is 13.8 Å². The molecule has 2 heteroatoms. The van der Waals surface area contributed by atoms with E-state index in [9.17, 15) is 10.2 Å². The average molecular weight is 238 g/mol. The third kappa shape index (κ3) is 1.60. The molecule has 3 aliphatic rings. The zero-order valence-electron chi connectivity index (χ0n) is 11.5. The zero-order chi connectivity index (χ0) is 12.6. The zero-order valence-corrected chi connectivity index (χ0v) is 11.5. The maximum Gasteiger partial charge on any atom is 0.0653 e. The molecule has 3 rings (SSSR count). The summed E-state index contributed by atoms with van der Waals surface area (Å²) >= 11 is 0. The molecule has 0 aromatic carbocycles. The van der Waals surface area contributed by atoms with E-state index in [-0.39, 0.29) is 0 Å². The van der Waals surface area contributed by atoms with Crippen molar-refractivity contribution in [2.75, 3.05) is 0 Å². The highest BCUT2D eigenvalue weighted by Gasteiger charge is 2.68. The third-order valence-electron chi connectivity index (χ3n) is 6.13. The number of aliphatic hydroxyl groups is 2. The summed E-state index contributed by atoms with van der Waals surface area (Å²) < 4.78 is 0. The molecule has 17 heavy (non-hydrogen) atoms. The monoisotopic (exact) mass is 238 g/mol. The van der Waals surface area contributed by atoms with Crippen LogP contribution < -0.4 is 0 Å². The molecule has 0 saturated heterocycles. The van der Waals surface area contributed by atoms with Crippen molar-refractivity contribution in [2.24, 2.45) is 29.1 Å². The van der Waals surface area contributed by atoms with Crippen molar-refractivity contribution in [2.45, 2.75) is 64.6 Å². The predicted octanol–water partition coefficient (Wildman–Crippen LogP) is 2.58. The van der Waals surface area contributed by atoms with Crippen molar-refractivity contribution < 1.29 is 10.2 Å². The fourth-order valence-corrected chi connectivity index (χ4v) is 5.25. The molecule has 98 valence electrons. The number of fused-ring (bicyclic) bond motifs is 3. The highest BCUT2D eigenvalue weighted by molar-refractivity contribution is 5.17. The Balaban J connectivity index is 1.97. The smallest absolute Gasteiger partial charge is 0.0653 e. The number of hydrogen-bond acceptors (Lipinski definition) is 2. The fraction of sp³-hybridized carbons (Fsp3) is 1.00. The first-order valence-electron chi connectivity index (χ1n) is 7.10. The van der Waals surface area contributed by atoms with Gasteiger partial charge in [0.05, 0.1) is 11.2 Å². The minimum absolute atomic E-state index is 0.321. The molecule has 2 N–H and O–H groups in total. The van der Waals surface area contributed by atoms with Gasteiger partial charge >= 0.3 is 0 Å². The van der Waals surface area contributed by atoms with Crippen LogP contribution in [0.25, 0.3) is 0 Å². The molecular weight excluding hydrogens is 212 g/mol. The molecule has 2 nitrogen and oxygen atoms in total. The Labute approximate surface area is 104 Å². The molecular formula is C15H26O2. The molecule has 0 unspecified atom stereocenters. The molecule has 3 saturated carbocycles. The van der Waals surface area contributed by atoms with Gasteiger partial charge in [0.25, 0.3) is 0 Å². The van der Waals surface area contributed by atoms with Gasteiger partial charge in [0.2, 0.25) is 0 Å². The maximum atomic E-state index is 10.6. The van der Waals surface area contributed by atoms with Crippen LogP contribution in [-0.4, -0.2) is 21.4 Å². The van der Waals surface area contributed by atoms with Crippen LogP contribution in [0, 0.1) is 29.1 Å². The lowest BCUT2D eigenvalue weighted by Gasteiger charge is -2.33. The average Bonchev–Trinajstić information content (AvgIpc) is 2.56. The van der Waals surface area contributed by atoms with Gasteiger partial charge in [-0.2, -0.15) is 0 Å². The summed E-state index contributed by atoms with van der Waals surface area (Å²) in [5.74, 6) is 2.17. The predicted molar refractivity (Wildman–Crippen MR) is 67.5 cm³/mol. The van der Waals surface area contributed by atoms with E-state index in [0.717, 1.165) is 25.7 Å². The first-order chi connectivity index (χ1) is 7.65. The Morgan fingerprint density at radius 1 is 0.941 bits per heavy atom. The largest absolute Gasteiger partial charge is 0.390 e. The van der Waals surface area contributed by atoms with Crippen LogP contribution in [0.3, 0.4) is 0 Å². The lowest BCUT2D eigenvalue weighted by molar-refractivity contribution is -0.0186. The Kier molecular flexibility index (Phi) is 2.17. The van der Waals surface area contributed by atoms with Crippen LogP contribution in [-0.2, 0) is 0 Å². The quantitative estimate of drug-likeness (QED) is 0.681. The highest BCUT2D eigenvalue weighted by Crippen LogP contribution is 2.71. The fourth-order valence-electron chi connectivity index (χ4n) is 5.25. The van der Waals surface area contributed by atoms with Crippen molar-refractivity contribution >= 4 is 0 Å². The second kappa shape index (κ2) is 3.08. The first kappa shape index (κ1) is 12.0. The highest BCUT2D eigenvalue weighted by atomic mass is 16.3. The summed E-state index contributed by atoms with van der Waals surface area (Å²) in [4.78, 5) is 0. The van der Waals surface area contributed by atoms with Crippen LogP contribution in [0.5, 0.6) is 0 Å². The van der Waals surface area contributed by atoms with E-state index in [1.165, 1.54) is 0 Å². The van der Waals surface area contributed by atoms with Gasteiger partial charge in [0, 0.05) is 0 Å². The van der Waals surface area contributed by atoms with E-state index in [4.69, 9.17) is 0 Å². The van der Waals surface area contributed by atoms with Gasteiger partial charge in [-0.3, -0.25) is 0 Å². The summed E-state index contributed by atoms with van der Waals surface area (Å²) in [5.41, 5.74) is -0.694. The van der Waals surface area contributed by atoms with Gasteiger partial charge < -0.3 is 10.2 Å². The standard InChI is InChI=1S/C15H26O2/c1-13(2)10-8-14(3,16)7-9-5-6-15(4,17)11(9)12(10)13/h9-12,16-17H,5-8H2,1-4H3/t9-,10-,11-,12-,14-,15-/m1/s1. The summed E-state index contributed by atoms with van der Waals surface area (Å²) in [6, 6.07) is 0. The maximum absolute atomic E-state index is 10.6. The number of rotatable bonds is 0. The molecule has 0 radical (unpaired) electrons. The molecule has 0 spiro atoms. The summed E-state index contributed by atoms with van der Waals surface area (Å²) in [7, 11) is 0. The SMILES string of the molecule is CC1(C)[C@H]2[C@H]3[C@H](CC[C@@]3(C)O)C[C@@](C)(O)C[C@H]21. The van der Waals surface area contributed by atoms with Gasteiger partial charge in [0.15, 0.2) is 0 Å². The molecule has 0 aromatic rings. The summed E-state index contributed by atoms with van der Waals surface area (Å²) in [6.07, 6.45) is 3.81. The Hall–Kier alpha value is -0.0800. The molecule has 0 aliphatic heterocycles. The Bertz CT molecular complexity index is 343. The minimum Gasteiger partial charge on any atom is -0.390 e. The van der Waals surface area contributed by atoms with Crippen LogP contribution in [0.4, 0.5) is 0 Å². The van der Waals surface area contributed by atoms with E-state index in [0.29, 0.717) is 29.1 Å². The van der Waals surface area contributed by atoms with Crippen molar-refractivity contribution in [1.82, 2.24) is 0 Å². The van der Waals surface area contributed by atoms with Gasteiger partial charge in [-0.25, -0.2) is 0 Å². The molecule has 0 bridgehead atoms. The second-order valence-electron chi connectivity index (χ2n) is 8.04. The lowest BCUT2D eigenvalue weighted by atomic mass is 9.77. The van der Waals surface area contributed by atoms with Crippen LogP contribution >= 0.6 is 0 Å². The van der Waals surface area contributed by atoms with E-state index < -0.39 is 11.2 Å². The van der Waals surface area contributed by atoms with Gasteiger partial charge in [-0.05, 0) is 68.6 Å². The second-order valence-corrected chi connectivity index (χ2v) is 8.04. The Morgan fingerprint density at radius 3 is 2.24 bits per heavy atom. The molecule has 3 fully saturated rings. The van der Waals surface area contributed by atoms with E-state index in [1.807, 2.05) is 13.8 Å². The van der Waals surface area contributed by atoms with Gasteiger partial charge in [0.1, 0.15) is 0 Å². The third-order valence-corrected chi connectivity index (χ3v) is 6.13. The van der Waals surface area contributed by atoms with Crippen LogP contribution in [0.1, 0.15) is 53.4 Å². The Morgan fingerprint density at radius 2 is 1.59 bits per heavy atom. The molecule has 0 aromatic heterocycles. The summed E-state index contributed by atoms with van der Waals surface area (Å²) in [5, 5.41) is 21.2. The molecule has 3 aliphatic carbocycles. The van der Waals surface area contributed by atoms with Crippen molar-refractivity contribution in [1.29, 1.82) is 0 Å². The van der Waals surface area contributed by atoms with E-state index >= 15 is 0 Å². The summed E-state index contributed by atoms with van der Waals surface area (Å²) in [6.45, 7) is 8.64. The van der Waals surface area contributed by atoms with Crippen molar-refractivity contribution in [3.8, 4) is 0 Å². The lowest BCUT2D eigenvalue weighted by Crippen LogP contribution is -2.36. The van der Waals surface area contributed by atoms with Crippen molar-refractivity contribution in [3.05, 3.63) is 0 Å². The molecule has 0 heterocycles. The van der Waals surface area contributed by atoms with Crippen LogP contribution in [0.15, 0.2) is 0 Å². The molecule has 6 atom stereocenters. The van der Waals surface area contributed by atoms with Gasteiger partial charge in [-0.15, -0.1) is 0 Å². The van der Waals surface area contributed by atoms with Crippen LogP contribution in [0.2, 0.25) is 0 Å². The molecule has 0 amide bonds. The first-order valence-corrected chi connectivity index (χ1v) is 7.10. The van der Waals surface area contributed by atoms with Crippen molar-refractivity contribution in [3.63, 3.8) is 0 Å². The van der Waals surface area contributed by atoms with E-state index in [1.54, 1.807) is 0 Å². The minimum atomic E-state index is -0.517. The normalized spacial score (nSPS) is 60.4. The topological polar surface area (TPSA) is 40.5 Å².